The van der Waals surface area contributed by atoms with Crippen molar-refractivity contribution in [3.8, 4) is 16.9 Å². The highest BCUT2D eigenvalue weighted by Gasteiger charge is 2.32. The van der Waals surface area contributed by atoms with Crippen molar-refractivity contribution in [2.75, 3.05) is 6.54 Å². The molecule has 0 aliphatic rings. The summed E-state index contributed by atoms with van der Waals surface area (Å²) in [5.41, 5.74) is 16.3. The fourth-order valence-corrected chi connectivity index (χ4v) is 4.25. The van der Waals surface area contributed by atoms with E-state index >= 15 is 0 Å². The first-order valence-corrected chi connectivity index (χ1v) is 11.6. The second-order valence-electron chi connectivity index (χ2n) is 8.62. The molecule has 0 radical (unpaired) electrons. The summed E-state index contributed by atoms with van der Waals surface area (Å²) in [6.07, 6.45) is 1.08. The van der Waals surface area contributed by atoms with E-state index in [1.807, 2.05) is 62.4 Å². The molecule has 34 heavy (non-hydrogen) atoms. The van der Waals surface area contributed by atoms with Gasteiger partial charge in [0, 0.05) is 0 Å². The summed E-state index contributed by atoms with van der Waals surface area (Å²) >= 11 is 0. The first-order chi connectivity index (χ1) is 16.3. The van der Waals surface area contributed by atoms with E-state index in [4.69, 9.17) is 11.5 Å². The van der Waals surface area contributed by atoms with Crippen molar-refractivity contribution in [3.63, 3.8) is 0 Å². The number of aryl methyl sites for hydroxylation is 1. The Morgan fingerprint density at radius 3 is 2.24 bits per heavy atom. The molecule has 0 spiro atoms. The standard InChI is InChI=1S/C28H33N3O3/c1-19-9-11-22(12-10-19)25-7-4-3-6-23(25)18-27(33)31(26(28(30)34)8-5-17-29)20(2)21-13-15-24(32)16-14-21/h3-4,6-7,9-16,20,26,32H,5,8,17-18,29H2,1-2H3,(H2,30,34)/t20-,26+/m0/s1. The summed E-state index contributed by atoms with van der Waals surface area (Å²) in [6.45, 7) is 4.30. The lowest BCUT2D eigenvalue weighted by atomic mass is 9.95. The molecule has 0 fully saturated rings. The summed E-state index contributed by atoms with van der Waals surface area (Å²) in [5, 5.41) is 9.68. The van der Waals surface area contributed by atoms with Crippen molar-refractivity contribution in [1.29, 1.82) is 0 Å². The van der Waals surface area contributed by atoms with Crippen LogP contribution in [0.5, 0.6) is 5.75 Å². The van der Waals surface area contributed by atoms with Gasteiger partial charge in [0.1, 0.15) is 11.8 Å². The summed E-state index contributed by atoms with van der Waals surface area (Å²) < 4.78 is 0. The highest BCUT2D eigenvalue weighted by Crippen LogP contribution is 2.29. The normalized spacial score (nSPS) is 12.7. The molecule has 3 aromatic rings. The smallest absolute Gasteiger partial charge is 0.240 e. The van der Waals surface area contributed by atoms with Crippen LogP contribution >= 0.6 is 0 Å². The summed E-state index contributed by atoms with van der Waals surface area (Å²) in [4.78, 5) is 27.8. The van der Waals surface area contributed by atoms with E-state index in [2.05, 4.69) is 0 Å². The van der Waals surface area contributed by atoms with Gasteiger partial charge < -0.3 is 21.5 Å². The van der Waals surface area contributed by atoms with Gasteiger partial charge in [-0.05, 0) is 67.6 Å². The third-order valence-corrected chi connectivity index (χ3v) is 6.15. The number of rotatable bonds is 10. The maximum Gasteiger partial charge on any atom is 0.240 e. The number of phenolic OH excluding ortho intramolecular Hbond substituents is 1. The van der Waals surface area contributed by atoms with Gasteiger partial charge in [-0.25, -0.2) is 0 Å². The molecule has 3 rings (SSSR count). The molecular weight excluding hydrogens is 426 g/mol. The Kier molecular flexibility index (Phi) is 8.44. The molecule has 0 heterocycles. The van der Waals surface area contributed by atoms with E-state index in [-0.39, 0.29) is 18.1 Å². The Bertz CT molecular complexity index is 1110. The number of hydrogen-bond acceptors (Lipinski definition) is 4. The first kappa shape index (κ1) is 25.0. The largest absolute Gasteiger partial charge is 0.508 e. The zero-order valence-corrected chi connectivity index (χ0v) is 19.8. The number of aromatic hydroxyl groups is 1. The van der Waals surface area contributed by atoms with Crippen molar-refractivity contribution >= 4 is 11.8 Å². The van der Waals surface area contributed by atoms with E-state index in [1.165, 1.54) is 0 Å². The minimum absolute atomic E-state index is 0.124. The van der Waals surface area contributed by atoms with E-state index in [1.54, 1.807) is 29.2 Å². The number of phenols is 1. The molecule has 6 heteroatoms. The molecule has 0 aliphatic carbocycles. The lowest BCUT2D eigenvalue weighted by Gasteiger charge is -2.35. The summed E-state index contributed by atoms with van der Waals surface area (Å²) in [5.74, 6) is -0.615. The number of amides is 2. The van der Waals surface area contributed by atoms with Gasteiger partial charge >= 0.3 is 0 Å². The molecule has 0 bridgehead atoms. The minimum Gasteiger partial charge on any atom is -0.508 e. The highest BCUT2D eigenvalue weighted by atomic mass is 16.3. The van der Waals surface area contributed by atoms with Crippen molar-refractivity contribution in [1.82, 2.24) is 4.90 Å². The zero-order chi connectivity index (χ0) is 24.7. The molecule has 0 aliphatic heterocycles. The van der Waals surface area contributed by atoms with Crippen LogP contribution in [0.2, 0.25) is 0 Å². The number of carbonyl (C=O) groups is 2. The molecule has 0 unspecified atom stereocenters. The first-order valence-electron chi connectivity index (χ1n) is 11.6. The second kappa shape index (κ2) is 11.5. The molecule has 3 aromatic carbocycles. The molecule has 2 amide bonds. The van der Waals surface area contributed by atoms with Gasteiger partial charge in [0.2, 0.25) is 11.8 Å². The predicted octanol–water partition coefficient (Wildman–Crippen LogP) is 4.09. The van der Waals surface area contributed by atoms with Crippen LogP contribution in [0.15, 0.2) is 72.8 Å². The highest BCUT2D eigenvalue weighted by molar-refractivity contribution is 5.89. The number of carbonyl (C=O) groups excluding carboxylic acids is 2. The average molecular weight is 460 g/mol. The maximum atomic E-state index is 13.8. The molecule has 0 aromatic heterocycles. The lowest BCUT2D eigenvalue weighted by molar-refractivity contribution is -0.141. The molecular formula is C28H33N3O3. The molecule has 6 nitrogen and oxygen atoms in total. The Morgan fingerprint density at radius 2 is 1.62 bits per heavy atom. The van der Waals surface area contributed by atoms with E-state index in [0.29, 0.717) is 19.4 Å². The zero-order valence-electron chi connectivity index (χ0n) is 19.8. The molecule has 2 atom stereocenters. The van der Waals surface area contributed by atoms with E-state index < -0.39 is 18.0 Å². The molecule has 0 saturated heterocycles. The number of primary amides is 1. The van der Waals surface area contributed by atoms with Crippen LogP contribution in [0, 0.1) is 6.92 Å². The maximum absolute atomic E-state index is 13.8. The van der Waals surface area contributed by atoms with Crippen LogP contribution in [-0.4, -0.2) is 34.4 Å². The van der Waals surface area contributed by atoms with Gasteiger partial charge in [-0.15, -0.1) is 0 Å². The van der Waals surface area contributed by atoms with E-state index in [0.717, 1.165) is 27.8 Å². The molecule has 0 saturated carbocycles. The van der Waals surface area contributed by atoms with Gasteiger partial charge in [-0.2, -0.15) is 0 Å². The third-order valence-electron chi connectivity index (χ3n) is 6.15. The Labute approximate surface area is 201 Å². The predicted molar refractivity (Wildman–Crippen MR) is 135 cm³/mol. The van der Waals surface area contributed by atoms with Crippen molar-refractivity contribution in [2.24, 2.45) is 11.5 Å². The molecule has 5 N–H and O–H groups in total. The van der Waals surface area contributed by atoms with Gasteiger partial charge in [0.15, 0.2) is 0 Å². The van der Waals surface area contributed by atoms with Gasteiger partial charge in [-0.3, -0.25) is 9.59 Å². The fourth-order valence-electron chi connectivity index (χ4n) is 4.25. The number of hydrogen-bond donors (Lipinski definition) is 3. The van der Waals surface area contributed by atoms with Crippen LogP contribution in [0.1, 0.15) is 42.5 Å². The van der Waals surface area contributed by atoms with E-state index in [9.17, 15) is 14.7 Å². The Hall–Kier alpha value is -3.64. The van der Waals surface area contributed by atoms with Crippen molar-refractivity contribution < 1.29 is 14.7 Å². The average Bonchev–Trinajstić information content (AvgIpc) is 2.82. The van der Waals surface area contributed by atoms with Crippen LogP contribution < -0.4 is 11.5 Å². The number of nitrogens with zero attached hydrogens (tertiary/aromatic N) is 1. The Balaban J connectivity index is 1.98. The summed E-state index contributed by atoms with van der Waals surface area (Å²) in [7, 11) is 0. The van der Waals surface area contributed by atoms with Crippen LogP contribution in [0.25, 0.3) is 11.1 Å². The number of benzene rings is 3. The fraction of sp³-hybridized carbons (Fsp3) is 0.286. The third kappa shape index (κ3) is 6.02. The second-order valence-corrected chi connectivity index (χ2v) is 8.62. The molecule has 178 valence electrons. The summed E-state index contributed by atoms with van der Waals surface area (Å²) in [6, 6.07) is 21.4. The van der Waals surface area contributed by atoms with Crippen LogP contribution in [0.3, 0.4) is 0 Å². The van der Waals surface area contributed by atoms with Gasteiger partial charge in [0.05, 0.1) is 12.5 Å². The Morgan fingerprint density at radius 1 is 0.971 bits per heavy atom. The lowest BCUT2D eigenvalue weighted by Crippen LogP contribution is -2.49. The minimum atomic E-state index is -0.786. The van der Waals surface area contributed by atoms with Gasteiger partial charge in [0.25, 0.3) is 0 Å². The topological polar surface area (TPSA) is 110 Å². The van der Waals surface area contributed by atoms with Crippen LogP contribution in [-0.2, 0) is 16.0 Å². The number of nitrogens with two attached hydrogens (primary N) is 2. The monoisotopic (exact) mass is 459 g/mol. The van der Waals surface area contributed by atoms with Crippen molar-refractivity contribution in [3.05, 3.63) is 89.5 Å². The van der Waals surface area contributed by atoms with Gasteiger partial charge in [-0.1, -0.05) is 66.2 Å². The van der Waals surface area contributed by atoms with Crippen LogP contribution in [0.4, 0.5) is 0 Å². The SMILES string of the molecule is Cc1ccc(-c2ccccc2CC(=O)N([C@H](CCCN)C(N)=O)[C@@H](C)c2ccc(O)cc2)cc1. The van der Waals surface area contributed by atoms with Crippen molar-refractivity contribution in [2.45, 2.75) is 45.2 Å². The quantitative estimate of drug-likeness (QED) is 0.424.